The Morgan fingerprint density at radius 3 is 2.47 bits per heavy atom. The standard InChI is InChI=1S/C10H5F3INO2/c1-17-9(16)8-6(10(11,12)13)2-5(4-15)3-7(8)14/h2-3H,1H3. The number of rotatable bonds is 1. The summed E-state index contributed by atoms with van der Waals surface area (Å²) in [5.74, 6) is -1.08. The highest BCUT2D eigenvalue weighted by molar-refractivity contribution is 14.1. The van der Waals surface area contributed by atoms with E-state index >= 15 is 0 Å². The van der Waals surface area contributed by atoms with E-state index in [1.165, 1.54) is 6.07 Å². The molecule has 0 saturated heterocycles. The minimum atomic E-state index is -4.71. The van der Waals surface area contributed by atoms with E-state index in [2.05, 4.69) is 4.74 Å². The van der Waals surface area contributed by atoms with E-state index in [1.807, 2.05) is 0 Å². The van der Waals surface area contributed by atoms with Crippen LogP contribution in [0.15, 0.2) is 12.1 Å². The summed E-state index contributed by atoms with van der Waals surface area (Å²) in [5.41, 5.74) is -1.89. The number of esters is 1. The molecule has 0 bridgehead atoms. The van der Waals surface area contributed by atoms with Crippen molar-refractivity contribution in [2.24, 2.45) is 0 Å². The van der Waals surface area contributed by atoms with Gasteiger partial charge in [0.25, 0.3) is 0 Å². The average molecular weight is 355 g/mol. The molecule has 0 aliphatic carbocycles. The second-order valence-electron chi connectivity index (χ2n) is 2.98. The van der Waals surface area contributed by atoms with E-state index in [0.29, 0.717) is 6.07 Å². The van der Waals surface area contributed by atoms with E-state index < -0.39 is 23.3 Å². The minimum absolute atomic E-state index is 0.0285. The highest BCUT2D eigenvalue weighted by Crippen LogP contribution is 2.35. The van der Waals surface area contributed by atoms with Crippen LogP contribution in [0.5, 0.6) is 0 Å². The number of halogens is 4. The highest BCUT2D eigenvalue weighted by atomic mass is 127. The smallest absolute Gasteiger partial charge is 0.417 e. The van der Waals surface area contributed by atoms with Gasteiger partial charge in [-0.3, -0.25) is 0 Å². The van der Waals surface area contributed by atoms with E-state index in [-0.39, 0.29) is 9.13 Å². The van der Waals surface area contributed by atoms with Gasteiger partial charge in [0.15, 0.2) is 0 Å². The third-order valence-electron chi connectivity index (χ3n) is 1.91. The summed E-state index contributed by atoms with van der Waals surface area (Å²) < 4.78 is 42.5. The Hall–Kier alpha value is -1.30. The SMILES string of the molecule is COC(=O)c1c(I)cc(C#N)cc1C(F)(F)F. The van der Waals surface area contributed by atoms with Gasteiger partial charge in [0.2, 0.25) is 0 Å². The van der Waals surface area contributed by atoms with Crippen LogP contribution in [0, 0.1) is 14.9 Å². The van der Waals surface area contributed by atoms with Gasteiger partial charge in [-0.2, -0.15) is 18.4 Å². The summed E-state index contributed by atoms with van der Waals surface area (Å²) >= 11 is 1.56. The fourth-order valence-corrected chi connectivity index (χ4v) is 2.05. The van der Waals surface area contributed by atoms with Crippen molar-refractivity contribution < 1.29 is 22.7 Å². The predicted molar refractivity (Wildman–Crippen MR) is 60.2 cm³/mol. The lowest BCUT2D eigenvalue weighted by molar-refractivity contribution is -0.138. The molecule has 0 aromatic heterocycles. The number of carbonyl (C=O) groups is 1. The Kier molecular flexibility index (Phi) is 3.98. The van der Waals surface area contributed by atoms with Crippen LogP contribution in [-0.2, 0) is 10.9 Å². The second-order valence-corrected chi connectivity index (χ2v) is 4.14. The lowest BCUT2D eigenvalue weighted by Gasteiger charge is -2.13. The maximum atomic E-state index is 12.7. The molecule has 17 heavy (non-hydrogen) atoms. The molecule has 0 aliphatic heterocycles. The summed E-state index contributed by atoms with van der Waals surface area (Å²) in [4.78, 5) is 11.3. The van der Waals surface area contributed by atoms with Crippen molar-refractivity contribution in [1.82, 2.24) is 0 Å². The zero-order chi connectivity index (χ0) is 13.2. The Labute approximate surface area is 108 Å². The Morgan fingerprint density at radius 1 is 1.47 bits per heavy atom. The number of hydrogen-bond acceptors (Lipinski definition) is 3. The van der Waals surface area contributed by atoms with E-state index in [4.69, 9.17) is 5.26 Å². The van der Waals surface area contributed by atoms with Gasteiger partial charge in [-0.25, -0.2) is 4.79 Å². The first-order valence-corrected chi connectivity index (χ1v) is 5.28. The third kappa shape index (κ3) is 2.88. The maximum absolute atomic E-state index is 12.7. The first-order chi connectivity index (χ1) is 7.81. The molecule has 0 aliphatic rings. The predicted octanol–water partition coefficient (Wildman–Crippen LogP) is 2.97. The Bertz CT molecular complexity index is 505. The van der Waals surface area contributed by atoms with Crippen LogP contribution in [0.3, 0.4) is 0 Å². The summed E-state index contributed by atoms with van der Waals surface area (Å²) in [6.07, 6.45) is -4.71. The Morgan fingerprint density at radius 2 is 2.06 bits per heavy atom. The summed E-state index contributed by atoms with van der Waals surface area (Å²) in [7, 11) is 0.997. The molecule has 3 nitrogen and oxygen atoms in total. The van der Waals surface area contributed by atoms with Crippen molar-refractivity contribution >= 4 is 28.6 Å². The van der Waals surface area contributed by atoms with Gasteiger partial charge >= 0.3 is 12.1 Å². The van der Waals surface area contributed by atoms with Crippen LogP contribution in [0.1, 0.15) is 21.5 Å². The van der Waals surface area contributed by atoms with Crippen molar-refractivity contribution in [3.63, 3.8) is 0 Å². The van der Waals surface area contributed by atoms with Crippen LogP contribution < -0.4 is 0 Å². The first-order valence-electron chi connectivity index (χ1n) is 4.20. The van der Waals surface area contributed by atoms with Crippen molar-refractivity contribution in [3.05, 3.63) is 32.4 Å². The van der Waals surface area contributed by atoms with Gasteiger partial charge in [0.1, 0.15) is 0 Å². The topological polar surface area (TPSA) is 50.1 Å². The molecular formula is C10H5F3INO2. The molecule has 1 aromatic rings. The highest BCUT2D eigenvalue weighted by Gasteiger charge is 2.37. The minimum Gasteiger partial charge on any atom is -0.465 e. The monoisotopic (exact) mass is 355 g/mol. The number of benzene rings is 1. The quantitative estimate of drug-likeness (QED) is 0.575. The van der Waals surface area contributed by atoms with Crippen LogP contribution in [-0.4, -0.2) is 13.1 Å². The number of nitrogens with zero attached hydrogens (tertiary/aromatic N) is 1. The summed E-state index contributed by atoms with van der Waals surface area (Å²) in [5, 5.41) is 8.60. The lowest BCUT2D eigenvalue weighted by Crippen LogP contribution is -2.16. The van der Waals surface area contributed by atoms with E-state index in [1.54, 1.807) is 28.7 Å². The van der Waals surface area contributed by atoms with Gasteiger partial charge in [-0.1, -0.05) is 0 Å². The average Bonchev–Trinajstić information content (AvgIpc) is 2.25. The maximum Gasteiger partial charge on any atom is 0.417 e. The van der Waals surface area contributed by atoms with Crippen molar-refractivity contribution in [2.45, 2.75) is 6.18 Å². The van der Waals surface area contributed by atoms with E-state index in [9.17, 15) is 18.0 Å². The first kappa shape index (κ1) is 13.8. The molecule has 1 rings (SSSR count). The number of hydrogen-bond donors (Lipinski definition) is 0. The van der Waals surface area contributed by atoms with Gasteiger partial charge in [-0.05, 0) is 34.7 Å². The number of alkyl halides is 3. The van der Waals surface area contributed by atoms with Crippen LogP contribution in [0.4, 0.5) is 13.2 Å². The normalized spacial score (nSPS) is 10.8. The molecule has 1 aromatic carbocycles. The van der Waals surface area contributed by atoms with Crippen LogP contribution >= 0.6 is 22.6 Å². The molecule has 0 atom stereocenters. The number of ether oxygens (including phenoxy) is 1. The van der Waals surface area contributed by atoms with Crippen molar-refractivity contribution in [1.29, 1.82) is 5.26 Å². The molecule has 0 saturated carbocycles. The Balaban J connectivity index is 3.58. The van der Waals surface area contributed by atoms with Crippen LogP contribution in [0.2, 0.25) is 0 Å². The fourth-order valence-electron chi connectivity index (χ4n) is 1.20. The molecular weight excluding hydrogens is 350 g/mol. The number of methoxy groups -OCH3 is 1. The van der Waals surface area contributed by atoms with Gasteiger partial charge in [0, 0.05) is 3.57 Å². The van der Waals surface area contributed by atoms with Gasteiger partial charge in [0.05, 0.1) is 29.9 Å². The van der Waals surface area contributed by atoms with Gasteiger partial charge < -0.3 is 4.74 Å². The molecule has 90 valence electrons. The lowest BCUT2D eigenvalue weighted by atomic mass is 10.0. The molecule has 7 heteroatoms. The second kappa shape index (κ2) is 4.91. The number of carbonyl (C=O) groups excluding carboxylic acids is 1. The molecule has 0 heterocycles. The van der Waals surface area contributed by atoms with E-state index in [0.717, 1.165) is 7.11 Å². The molecule has 0 amide bonds. The molecule has 0 N–H and O–H groups in total. The molecule has 0 radical (unpaired) electrons. The zero-order valence-electron chi connectivity index (χ0n) is 8.43. The largest absolute Gasteiger partial charge is 0.465 e. The fraction of sp³-hybridized carbons (Fsp3) is 0.200. The third-order valence-corrected chi connectivity index (χ3v) is 2.77. The summed E-state index contributed by atoms with van der Waals surface area (Å²) in [6, 6.07) is 3.44. The molecule has 0 unspecified atom stereocenters. The van der Waals surface area contributed by atoms with Crippen LogP contribution in [0.25, 0.3) is 0 Å². The van der Waals surface area contributed by atoms with Gasteiger partial charge in [-0.15, -0.1) is 0 Å². The zero-order valence-corrected chi connectivity index (χ0v) is 10.6. The molecule has 0 fully saturated rings. The van der Waals surface area contributed by atoms with Crippen molar-refractivity contribution in [2.75, 3.05) is 7.11 Å². The molecule has 0 spiro atoms. The number of nitriles is 1. The summed E-state index contributed by atoms with van der Waals surface area (Å²) in [6.45, 7) is 0. The van der Waals surface area contributed by atoms with Crippen molar-refractivity contribution in [3.8, 4) is 6.07 Å².